The molecule has 5 nitrogen and oxygen atoms in total. The van der Waals surface area contributed by atoms with Crippen molar-refractivity contribution >= 4 is 18.3 Å². The highest BCUT2D eigenvalue weighted by atomic mass is 35.5. The summed E-state index contributed by atoms with van der Waals surface area (Å²) in [6, 6.07) is -0.422. The number of nitrogens with two attached hydrogens (primary N) is 1. The number of nitrogens with zero attached hydrogens (tertiary/aromatic N) is 2. The summed E-state index contributed by atoms with van der Waals surface area (Å²) in [6.07, 6.45) is 4.52. The van der Waals surface area contributed by atoms with Gasteiger partial charge in [-0.25, -0.2) is 0 Å². The van der Waals surface area contributed by atoms with Crippen LogP contribution in [0.1, 0.15) is 19.4 Å². The number of carbonyl (C=O) groups is 1. The SMILES string of the molecule is CC(C)[C@H](N)C(=O)NCCc1cnn(C)c1.Cl. The highest BCUT2D eigenvalue weighted by Gasteiger charge is 2.16. The van der Waals surface area contributed by atoms with Crippen molar-refractivity contribution in [2.45, 2.75) is 26.3 Å². The largest absolute Gasteiger partial charge is 0.354 e. The van der Waals surface area contributed by atoms with Crippen molar-refractivity contribution in [3.05, 3.63) is 18.0 Å². The van der Waals surface area contributed by atoms with Crippen molar-refractivity contribution in [2.75, 3.05) is 6.54 Å². The Kier molecular flexibility index (Phi) is 6.83. The molecule has 1 amide bonds. The first-order valence-corrected chi connectivity index (χ1v) is 5.51. The summed E-state index contributed by atoms with van der Waals surface area (Å²) >= 11 is 0. The Morgan fingerprint density at radius 3 is 2.71 bits per heavy atom. The molecule has 98 valence electrons. The highest BCUT2D eigenvalue weighted by Crippen LogP contribution is 1.99. The summed E-state index contributed by atoms with van der Waals surface area (Å²) in [6.45, 7) is 4.47. The molecule has 0 bridgehead atoms. The van der Waals surface area contributed by atoms with E-state index in [0.717, 1.165) is 12.0 Å². The van der Waals surface area contributed by atoms with Gasteiger partial charge in [-0.3, -0.25) is 9.48 Å². The molecule has 1 atom stereocenters. The lowest BCUT2D eigenvalue weighted by Gasteiger charge is -2.14. The van der Waals surface area contributed by atoms with Gasteiger partial charge >= 0.3 is 0 Å². The fourth-order valence-corrected chi connectivity index (χ4v) is 1.35. The van der Waals surface area contributed by atoms with Gasteiger partial charge in [-0.2, -0.15) is 5.10 Å². The average Bonchev–Trinajstić information content (AvgIpc) is 2.62. The second-order valence-electron chi connectivity index (χ2n) is 4.33. The molecule has 6 heteroatoms. The molecule has 0 unspecified atom stereocenters. The number of hydrogen-bond acceptors (Lipinski definition) is 3. The molecule has 0 aliphatic carbocycles. The first-order valence-electron chi connectivity index (χ1n) is 5.51. The van der Waals surface area contributed by atoms with E-state index in [1.54, 1.807) is 10.9 Å². The third-order valence-corrected chi connectivity index (χ3v) is 2.49. The van der Waals surface area contributed by atoms with E-state index in [1.807, 2.05) is 27.1 Å². The van der Waals surface area contributed by atoms with Crippen molar-refractivity contribution in [3.63, 3.8) is 0 Å². The minimum Gasteiger partial charge on any atom is -0.354 e. The van der Waals surface area contributed by atoms with Crippen LogP contribution in [0.5, 0.6) is 0 Å². The molecule has 0 saturated heterocycles. The van der Waals surface area contributed by atoms with E-state index in [2.05, 4.69) is 10.4 Å². The summed E-state index contributed by atoms with van der Waals surface area (Å²) in [7, 11) is 1.87. The monoisotopic (exact) mass is 260 g/mol. The summed E-state index contributed by atoms with van der Waals surface area (Å²) in [5.41, 5.74) is 6.83. The van der Waals surface area contributed by atoms with E-state index in [-0.39, 0.29) is 24.2 Å². The van der Waals surface area contributed by atoms with E-state index in [4.69, 9.17) is 5.73 Å². The highest BCUT2D eigenvalue weighted by molar-refractivity contribution is 5.85. The van der Waals surface area contributed by atoms with Gasteiger partial charge in [-0.05, 0) is 17.9 Å². The maximum absolute atomic E-state index is 11.5. The first-order chi connectivity index (χ1) is 7.50. The molecule has 1 aromatic heterocycles. The van der Waals surface area contributed by atoms with E-state index < -0.39 is 6.04 Å². The van der Waals surface area contributed by atoms with Crippen LogP contribution in [0.2, 0.25) is 0 Å². The Balaban J connectivity index is 0.00000256. The fourth-order valence-electron chi connectivity index (χ4n) is 1.35. The molecule has 1 heterocycles. The van der Waals surface area contributed by atoms with Crippen molar-refractivity contribution in [1.82, 2.24) is 15.1 Å². The second-order valence-corrected chi connectivity index (χ2v) is 4.33. The van der Waals surface area contributed by atoms with Crippen LogP contribution in [0.3, 0.4) is 0 Å². The smallest absolute Gasteiger partial charge is 0.237 e. The molecule has 0 fully saturated rings. The molecule has 0 spiro atoms. The number of rotatable bonds is 5. The van der Waals surface area contributed by atoms with E-state index in [1.165, 1.54) is 0 Å². The van der Waals surface area contributed by atoms with Crippen LogP contribution in [0.25, 0.3) is 0 Å². The Hall–Kier alpha value is -1.07. The van der Waals surface area contributed by atoms with Gasteiger partial charge < -0.3 is 11.1 Å². The van der Waals surface area contributed by atoms with Gasteiger partial charge in [0.1, 0.15) is 0 Å². The topological polar surface area (TPSA) is 72.9 Å². The molecular formula is C11H21ClN4O. The fraction of sp³-hybridized carbons (Fsp3) is 0.636. The van der Waals surface area contributed by atoms with E-state index in [0.29, 0.717) is 6.54 Å². The van der Waals surface area contributed by atoms with Gasteiger partial charge in [0.05, 0.1) is 12.2 Å². The van der Waals surface area contributed by atoms with Crippen LogP contribution >= 0.6 is 12.4 Å². The van der Waals surface area contributed by atoms with Gasteiger partial charge in [0.2, 0.25) is 5.91 Å². The Bertz CT molecular complexity index is 351. The van der Waals surface area contributed by atoms with Crippen LogP contribution < -0.4 is 11.1 Å². The van der Waals surface area contributed by atoms with Crippen LogP contribution in [-0.2, 0) is 18.3 Å². The third-order valence-electron chi connectivity index (χ3n) is 2.49. The Morgan fingerprint density at radius 1 is 1.59 bits per heavy atom. The lowest BCUT2D eigenvalue weighted by molar-refractivity contribution is -0.123. The minimum atomic E-state index is -0.422. The zero-order valence-electron chi connectivity index (χ0n) is 10.5. The normalized spacial score (nSPS) is 12.1. The zero-order chi connectivity index (χ0) is 12.1. The standard InChI is InChI=1S/C11H20N4O.ClH/c1-8(2)10(12)11(16)13-5-4-9-6-14-15(3)7-9;/h6-8,10H,4-5,12H2,1-3H3,(H,13,16);1H/t10-;/m0./s1. The number of halogens is 1. The summed E-state index contributed by atoms with van der Waals surface area (Å²) in [4.78, 5) is 11.5. The molecule has 0 radical (unpaired) electrons. The van der Waals surface area contributed by atoms with Gasteiger partial charge in [-0.1, -0.05) is 13.8 Å². The van der Waals surface area contributed by atoms with E-state index >= 15 is 0 Å². The van der Waals surface area contributed by atoms with Crippen molar-refractivity contribution < 1.29 is 4.79 Å². The van der Waals surface area contributed by atoms with E-state index in [9.17, 15) is 4.79 Å². The number of amides is 1. The quantitative estimate of drug-likeness (QED) is 0.809. The summed E-state index contributed by atoms with van der Waals surface area (Å²) in [5.74, 6) is 0.0808. The van der Waals surface area contributed by atoms with Crippen LogP contribution in [0.15, 0.2) is 12.4 Å². The second kappa shape index (κ2) is 7.29. The summed E-state index contributed by atoms with van der Waals surface area (Å²) < 4.78 is 1.75. The molecule has 0 saturated carbocycles. The first kappa shape index (κ1) is 15.9. The number of carbonyl (C=O) groups excluding carboxylic acids is 1. The Morgan fingerprint density at radius 2 is 2.24 bits per heavy atom. The third kappa shape index (κ3) is 5.19. The molecule has 1 rings (SSSR count). The maximum atomic E-state index is 11.5. The van der Waals surface area contributed by atoms with Crippen molar-refractivity contribution in [2.24, 2.45) is 18.7 Å². The minimum absolute atomic E-state index is 0. The van der Waals surface area contributed by atoms with Crippen molar-refractivity contribution in [3.8, 4) is 0 Å². The van der Waals surface area contributed by atoms with Crippen LogP contribution in [0.4, 0.5) is 0 Å². The molecule has 3 N–H and O–H groups in total. The summed E-state index contributed by atoms with van der Waals surface area (Å²) in [5, 5.41) is 6.88. The molecule has 1 aromatic rings. The van der Waals surface area contributed by atoms with Gasteiger partial charge in [-0.15, -0.1) is 12.4 Å². The van der Waals surface area contributed by atoms with Gasteiger partial charge in [0.15, 0.2) is 0 Å². The molecule has 0 aliphatic heterocycles. The lowest BCUT2D eigenvalue weighted by atomic mass is 10.1. The number of aryl methyl sites for hydroxylation is 1. The zero-order valence-corrected chi connectivity index (χ0v) is 11.3. The predicted octanol–water partition coefficient (Wildman–Crippen LogP) is 0.484. The molecule has 17 heavy (non-hydrogen) atoms. The average molecular weight is 261 g/mol. The predicted molar refractivity (Wildman–Crippen MR) is 70.0 cm³/mol. The lowest BCUT2D eigenvalue weighted by Crippen LogP contribution is -2.44. The number of nitrogens with one attached hydrogen (secondary N) is 1. The molecular weight excluding hydrogens is 240 g/mol. The van der Waals surface area contributed by atoms with Gasteiger partial charge in [0.25, 0.3) is 0 Å². The number of aromatic nitrogens is 2. The number of hydrogen-bond donors (Lipinski definition) is 2. The van der Waals surface area contributed by atoms with Gasteiger partial charge in [0, 0.05) is 19.8 Å². The van der Waals surface area contributed by atoms with Crippen LogP contribution in [-0.4, -0.2) is 28.3 Å². The van der Waals surface area contributed by atoms with Crippen molar-refractivity contribution in [1.29, 1.82) is 0 Å². The molecule has 0 aliphatic rings. The molecule has 0 aromatic carbocycles. The van der Waals surface area contributed by atoms with Crippen LogP contribution in [0, 0.1) is 5.92 Å². The maximum Gasteiger partial charge on any atom is 0.237 e. The Labute approximate surface area is 108 Å².